The van der Waals surface area contributed by atoms with E-state index in [0.29, 0.717) is 0 Å². The summed E-state index contributed by atoms with van der Waals surface area (Å²) in [5, 5.41) is 0. The van der Waals surface area contributed by atoms with Gasteiger partial charge in [-0.15, -0.1) is 0 Å². The van der Waals surface area contributed by atoms with E-state index in [4.69, 9.17) is 14.2 Å². The Hall–Kier alpha value is -2.25. The van der Waals surface area contributed by atoms with Crippen molar-refractivity contribution in [3.8, 4) is 23.0 Å². The van der Waals surface area contributed by atoms with Crippen molar-refractivity contribution in [3.63, 3.8) is 0 Å². The summed E-state index contributed by atoms with van der Waals surface area (Å²) >= 11 is 0. The summed E-state index contributed by atoms with van der Waals surface area (Å²) in [6, 6.07) is 2.29. The van der Waals surface area contributed by atoms with E-state index >= 15 is 0 Å². The summed E-state index contributed by atoms with van der Waals surface area (Å²) in [7, 11) is 4.02. The Kier molecular flexibility index (Phi) is 5.57. The molecule has 1 aromatic carbocycles. The number of methoxy groups -OCH3 is 3. The predicted molar refractivity (Wildman–Crippen MR) is 68.3 cm³/mol. The molecular formula is C13H16F2O6. The molecule has 0 spiro atoms. The van der Waals surface area contributed by atoms with Crippen molar-refractivity contribution in [2.45, 2.75) is 13.0 Å². The molecular weight excluding hydrogens is 290 g/mol. The topological polar surface area (TPSA) is 63.2 Å². The average Bonchev–Trinajstić information content (AvgIpc) is 2.45. The molecule has 0 amide bonds. The molecule has 118 valence electrons. The predicted octanol–water partition coefficient (Wildman–Crippen LogP) is 2.25. The van der Waals surface area contributed by atoms with Crippen molar-refractivity contribution in [3.05, 3.63) is 12.1 Å². The monoisotopic (exact) mass is 306 g/mol. The Morgan fingerprint density at radius 2 is 1.62 bits per heavy atom. The lowest BCUT2D eigenvalue weighted by molar-refractivity contribution is -0.216. The lowest BCUT2D eigenvalue weighted by Gasteiger charge is -2.18. The highest BCUT2D eigenvalue weighted by atomic mass is 19.3. The molecule has 0 aliphatic rings. The van der Waals surface area contributed by atoms with Crippen LogP contribution in [-0.2, 0) is 9.53 Å². The molecule has 0 fully saturated rings. The number of alkyl halides is 2. The van der Waals surface area contributed by atoms with E-state index in [2.05, 4.69) is 9.47 Å². The molecule has 1 aromatic rings. The van der Waals surface area contributed by atoms with Gasteiger partial charge >= 0.3 is 12.1 Å². The molecule has 0 aliphatic heterocycles. The molecule has 0 saturated carbocycles. The highest BCUT2D eigenvalue weighted by Gasteiger charge is 2.44. The number of hydrogen-bond donors (Lipinski definition) is 0. The molecule has 0 aliphatic carbocycles. The molecule has 21 heavy (non-hydrogen) atoms. The zero-order valence-corrected chi connectivity index (χ0v) is 12.1. The van der Waals surface area contributed by atoms with Gasteiger partial charge in [-0.25, -0.2) is 4.79 Å². The number of carbonyl (C=O) groups excluding carboxylic acids is 1. The summed E-state index contributed by atoms with van der Waals surface area (Å²) in [5.74, 6) is -1.66. The van der Waals surface area contributed by atoms with Gasteiger partial charge in [0.25, 0.3) is 0 Å². The fraction of sp³-hybridized carbons (Fsp3) is 0.462. The van der Waals surface area contributed by atoms with Crippen LogP contribution in [0.25, 0.3) is 0 Å². The van der Waals surface area contributed by atoms with E-state index in [-0.39, 0.29) is 29.6 Å². The summed E-state index contributed by atoms with van der Waals surface area (Å²) in [6.45, 7) is 1.22. The second-order valence-corrected chi connectivity index (χ2v) is 3.70. The molecule has 0 unspecified atom stereocenters. The third kappa shape index (κ3) is 3.87. The van der Waals surface area contributed by atoms with Crippen molar-refractivity contribution < 1.29 is 37.3 Å². The van der Waals surface area contributed by atoms with Crippen LogP contribution in [0.1, 0.15) is 6.92 Å². The van der Waals surface area contributed by atoms with Crippen LogP contribution in [0.2, 0.25) is 0 Å². The Morgan fingerprint density at radius 3 is 2.00 bits per heavy atom. The highest BCUT2D eigenvalue weighted by Crippen LogP contribution is 2.41. The smallest absolute Gasteiger partial charge is 0.493 e. The van der Waals surface area contributed by atoms with E-state index in [0.717, 1.165) is 12.1 Å². The molecule has 8 heteroatoms. The van der Waals surface area contributed by atoms with E-state index < -0.39 is 12.1 Å². The molecule has 6 nitrogen and oxygen atoms in total. The van der Waals surface area contributed by atoms with Crippen LogP contribution in [0.15, 0.2) is 12.1 Å². The Bertz CT molecular complexity index is 478. The van der Waals surface area contributed by atoms with E-state index in [1.807, 2.05) is 0 Å². The molecule has 0 bridgehead atoms. The first-order chi connectivity index (χ1) is 9.89. The van der Waals surface area contributed by atoms with Gasteiger partial charge in [0.1, 0.15) is 5.75 Å². The minimum atomic E-state index is -4.12. The van der Waals surface area contributed by atoms with Crippen LogP contribution in [0.3, 0.4) is 0 Å². The number of carbonyl (C=O) groups is 1. The minimum Gasteiger partial charge on any atom is -0.493 e. The molecule has 0 N–H and O–H groups in total. The lowest BCUT2D eigenvalue weighted by atomic mass is 10.2. The lowest BCUT2D eigenvalue weighted by Crippen LogP contribution is -2.36. The number of hydrogen-bond acceptors (Lipinski definition) is 6. The fourth-order valence-electron chi connectivity index (χ4n) is 1.52. The van der Waals surface area contributed by atoms with Crippen LogP contribution in [0.4, 0.5) is 8.78 Å². The molecule has 0 aromatic heterocycles. The zero-order chi connectivity index (χ0) is 16.0. The van der Waals surface area contributed by atoms with Gasteiger partial charge in [0.2, 0.25) is 5.75 Å². The standard InChI is InChI=1S/C13H16F2O6/c1-5-20-12(16)13(14,15)21-8-6-9(17-2)11(19-4)10(7-8)18-3/h6-7H,5H2,1-4H3. The van der Waals surface area contributed by atoms with E-state index in [1.54, 1.807) is 0 Å². The maximum Gasteiger partial charge on any atom is 0.502 e. The van der Waals surface area contributed by atoms with Gasteiger partial charge < -0.3 is 23.7 Å². The van der Waals surface area contributed by atoms with Crippen molar-refractivity contribution in [1.82, 2.24) is 0 Å². The quantitative estimate of drug-likeness (QED) is 0.720. The summed E-state index contributed by atoms with van der Waals surface area (Å²) in [5.41, 5.74) is 0. The zero-order valence-electron chi connectivity index (χ0n) is 12.1. The Balaban J connectivity index is 3.11. The maximum atomic E-state index is 13.5. The van der Waals surface area contributed by atoms with Gasteiger partial charge in [-0.1, -0.05) is 0 Å². The van der Waals surface area contributed by atoms with Crippen LogP contribution < -0.4 is 18.9 Å². The SMILES string of the molecule is CCOC(=O)C(F)(F)Oc1cc(OC)c(OC)c(OC)c1. The molecule has 1 rings (SSSR count). The van der Waals surface area contributed by atoms with E-state index in [1.165, 1.54) is 28.3 Å². The van der Waals surface area contributed by atoms with Gasteiger partial charge in [0.15, 0.2) is 11.5 Å². The van der Waals surface area contributed by atoms with Crippen LogP contribution in [-0.4, -0.2) is 40.0 Å². The Morgan fingerprint density at radius 1 is 1.10 bits per heavy atom. The highest BCUT2D eigenvalue weighted by molar-refractivity contribution is 5.76. The second-order valence-electron chi connectivity index (χ2n) is 3.70. The summed E-state index contributed by atoms with van der Waals surface area (Å²) in [4.78, 5) is 11.1. The number of esters is 1. The molecule has 0 saturated heterocycles. The normalized spacial score (nSPS) is 10.8. The summed E-state index contributed by atoms with van der Waals surface area (Å²) in [6.07, 6.45) is -4.12. The number of halogens is 2. The average molecular weight is 306 g/mol. The number of ether oxygens (including phenoxy) is 5. The van der Waals surface area contributed by atoms with Crippen molar-refractivity contribution in [1.29, 1.82) is 0 Å². The van der Waals surface area contributed by atoms with Gasteiger partial charge in [-0.3, -0.25) is 0 Å². The van der Waals surface area contributed by atoms with Gasteiger partial charge in [0, 0.05) is 12.1 Å². The first-order valence-corrected chi connectivity index (χ1v) is 5.93. The van der Waals surface area contributed by atoms with Crippen LogP contribution in [0.5, 0.6) is 23.0 Å². The Labute approximate surface area is 120 Å². The van der Waals surface area contributed by atoms with E-state index in [9.17, 15) is 13.6 Å². The number of benzene rings is 1. The third-order valence-corrected chi connectivity index (χ3v) is 2.40. The van der Waals surface area contributed by atoms with Gasteiger partial charge in [-0.05, 0) is 6.92 Å². The fourth-order valence-corrected chi connectivity index (χ4v) is 1.52. The maximum absolute atomic E-state index is 13.5. The second kappa shape index (κ2) is 6.96. The molecule has 0 radical (unpaired) electrons. The third-order valence-electron chi connectivity index (χ3n) is 2.40. The molecule has 0 atom stereocenters. The first kappa shape index (κ1) is 16.8. The van der Waals surface area contributed by atoms with Crippen LogP contribution in [0, 0.1) is 0 Å². The number of rotatable bonds is 7. The van der Waals surface area contributed by atoms with Gasteiger partial charge in [-0.2, -0.15) is 8.78 Å². The van der Waals surface area contributed by atoms with Crippen molar-refractivity contribution in [2.75, 3.05) is 27.9 Å². The first-order valence-electron chi connectivity index (χ1n) is 5.93. The van der Waals surface area contributed by atoms with Crippen LogP contribution >= 0.6 is 0 Å². The summed E-state index contributed by atoms with van der Waals surface area (Å²) < 4.78 is 50.7. The minimum absolute atomic E-state index is 0.117. The van der Waals surface area contributed by atoms with Gasteiger partial charge in [0.05, 0.1) is 27.9 Å². The van der Waals surface area contributed by atoms with Crippen molar-refractivity contribution in [2.24, 2.45) is 0 Å². The largest absolute Gasteiger partial charge is 0.502 e. The molecule has 0 heterocycles. The van der Waals surface area contributed by atoms with Crippen molar-refractivity contribution >= 4 is 5.97 Å².